The monoisotopic (exact) mass is 374 g/mol. The van der Waals surface area contributed by atoms with Crippen LogP contribution < -0.4 is 10.6 Å². The van der Waals surface area contributed by atoms with Gasteiger partial charge in [-0.25, -0.2) is 4.79 Å². The van der Waals surface area contributed by atoms with Crippen molar-refractivity contribution in [1.82, 2.24) is 9.78 Å². The first-order valence-electron chi connectivity index (χ1n) is 7.90. The molecule has 3 rings (SSSR count). The van der Waals surface area contributed by atoms with E-state index in [4.69, 9.17) is 0 Å². The number of aromatic nitrogens is 2. The first kappa shape index (κ1) is 18.0. The highest BCUT2D eigenvalue weighted by Gasteiger charge is 2.30. The van der Waals surface area contributed by atoms with E-state index in [9.17, 15) is 19.5 Å². The van der Waals surface area contributed by atoms with Gasteiger partial charge < -0.3 is 15.7 Å². The molecule has 1 aliphatic heterocycles. The molecule has 3 N–H and O–H groups in total. The Balaban J connectivity index is 1.77. The zero-order chi connectivity index (χ0) is 19.1. The predicted octanol–water partition coefficient (Wildman–Crippen LogP) is 2.39. The Morgan fingerprint density at radius 3 is 2.81 bits per heavy atom. The Morgan fingerprint density at radius 2 is 2.12 bits per heavy atom. The van der Waals surface area contributed by atoms with Crippen LogP contribution in [0.25, 0.3) is 0 Å². The van der Waals surface area contributed by atoms with Gasteiger partial charge in [-0.1, -0.05) is 0 Å². The molecule has 0 fully saturated rings. The molecule has 136 valence electrons. The second kappa shape index (κ2) is 6.49. The van der Waals surface area contributed by atoms with Crippen molar-refractivity contribution in [2.45, 2.75) is 36.5 Å². The Morgan fingerprint density at radius 1 is 1.38 bits per heavy atom. The summed E-state index contributed by atoms with van der Waals surface area (Å²) in [5.41, 5.74) is 0.138. The summed E-state index contributed by atoms with van der Waals surface area (Å²) in [6.45, 7) is 4.84. The average molecular weight is 374 g/mol. The Bertz CT molecular complexity index is 906. The van der Waals surface area contributed by atoms with Gasteiger partial charge in [-0.3, -0.25) is 14.3 Å². The summed E-state index contributed by atoms with van der Waals surface area (Å²) in [4.78, 5) is 36.4. The predicted molar refractivity (Wildman–Crippen MR) is 97.5 cm³/mol. The molecule has 0 saturated heterocycles. The quantitative estimate of drug-likeness (QED) is 0.757. The number of amides is 2. The van der Waals surface area contributed by atoms with Gasteiger partial charge in [0, 0.05) is 16.7 Å². The molecule has 1 atom stereocenters. The maximum atomic E-state index is 12.5. The standard InChI is InChI=1S/C17H18N4O4S/c1-9-14(22)20-12-6-10(4-5-13(12)26-9)15(23)19-11-7-18-21(8-11)17(2,3)16(24)25/h4-9H,1-3H3,(H,19,23)(H,20,22)(H,24,25). The fraction of sp³-hybridized carbons (Fsp3) is 0.294. The van der Waals surface area contributed by atoms with Crippen LogP contribution in [0, 0.1) is 0 Å². The molecule has 2 amide bonds. The van der Waals surface area contributed by atoms with Gasteiger partial charge in [0.05, 0.1) is 22.8 Å². The van der Waals surface area contributed by atoms with Crippen LogP contribution in [-0.2, 0) is 15.1 Å². The van der Waals surface area contributed by atoms with E-state index >= 15 is 0 Å². The molecule has 0 radical (unpaired) electrons. The second-order valence-electron chi connectivity index (χ2n) is 6.45. The van der Waals surface area contributed by atoms with E-state index in [2.05, 4.69) is 15.7 Å². The number of nitrogens with zero attached hydrogens (tertiary/aromatic N) is 2. The summed E-state index contributed by atoms with van der Waals surface area (Å²) < 4.78 is 1.27. The van der Waals surface area contributed by atoms with Crippen LogP contribution in [0.5, 0.6) is 0 Å². The molecule has 1 aromatic heterocycles. The van der Waals surface area contributed by atoms with Gasteiger partial charge in [0.1, 0.15) is 0 Å². The van der Waals surface area contributed by atoms with E-state index < -0.39 is 11.5 Å². The van der Waals surface area contributed by atoms with E-state index in [0.717, 1.165) is 4.90 Å². The van der Waals surface area contributed by atoms with E-state index in [1.165, 1.54) is 42.7 Å². The lowest BCUT2D eigenvalue weighted by Crippen LogP contribution is -2.35. The van der Waals surface area contributed by atoms with Crippen molar-refractivity contribution in [2.75, 3.05) is 10.6 Å². The maximum absolute atomic E-state index is 12.5. The molecule has 0 bridgehead atoms. The van der Waals surface area contributed by atoms with Crippen molar-refractivity contribution in [3.05, 3.63) is 36.2 Å². The van der Waals surface area contributed by atoms with E-state index in [1.54, 1.807) is 18.2 Å². The number of carboxylic acids is 1. The number of nitrogens with one attached hydrogen (secondary N) is 2. The molecule has 0 saturated carbocycles. The zero-order valence-corrected chi connectivity index (χ0v) is 15.3. The minimum atomic E-state index is -1.23. The molecule has 2 aromatic rings. The third-order valence-corrected chi connectivity index (χ3v) is 5.29. The third-order valence-electron chi connectivity index (χ3n) is 4.11. The van der Waals surface area contributed by atoms with Crippen LogP contribution in [0.1, 0.15) is 31.1 Å². The summed E-state index contributed by atoms with van der Waals surface area (Å²) >= 11 is 1.44. The van der Waals surface area contributed by atoms with Gasteiger partial charge >= 0.3 is 5.97 Å². The number of carbonyl (C=O) groups is 3. The number of rotatable bonds is 4. The van der Waals surface area contributed by atoms with E-state index in [0.29, 0.717) is 16.9 Å². The van der Waals surface area contributed by atoms with E-state index in [-0.39, 0.29) is 17.1 Å². The Labute approximate surface area is 154 Å². The van der Waals surface area contributed by atoms with Crippen LogP contribution in [-0.4, -0.2) is 37.9 Å². The van der Waals surface area contributed by atoms with Gasteiger partial charge in [-0.2, -0.15) is 5.10 Å². The normalized spacial score (nSPS) is 16.6. The number of benzene rings is 1. The van der Waals surface area contributed by atoms with Crippen LogP contribution >= 0.6 is 11.8 Å². The van der Waals surface area contributed by atoms with Crippen LogP contribution in [0.15, 0.2) is 35.5 Å². The molecular weight excluding hydrogens is 356 g/mol. The van der Waals surface area contributed by atoms with Crippen molar-refractivity contribution < 1.29 is 19.5 Å². The van der Waals surface area contributed by atoms with Crippen molar-refractivity contribution in [3.63, 3.8) is 0 Å². The zero-order valence-electron chi connectivity index (χ0n) is 14.4. The third kappa shape index (κ3) is 3.30. The lowest BCUT2D eigenvalue weighted by atomic mass is 10.1. The van der Waals surface area contributed by atoms with Gasteiger partial charge in [-0.15, -0.1) is 11.8 Å². The molecule has 1 aromatic carbocycles. The highest BCUT2D eigenvalue weighted by atomic mass is 32.2. The van der Waals surface area contributed by atoms with Crippen molar-refractivity contribution >= 4 is 40.9 Å². The van der Waals surface area contributed by atoms with Crippen molar-refractivity contribution in [2.24, 2.45) is 0 Å². The number of thioether (sulfide) groups is 1. The van der Waals surface area contributed by atoms with Crippen LogP contribution in [0.2, 0.25) is 0 Å². The van der Waals surface area contributed by atoms with Gasteiger partial charge in [0.25, 0.3) is 5.91 Å². The van der Waals surface area contributed by atoms with Crippen LogP contribution in [0.4, 0.5) is 11.4 Å². The second-order valence-corrected chi connectivity index (χ2v) is 7.83. The van der Waals surface area contributed by atoms with Crippen LogP contribution in [0.3, 0.4) is 0 Å². The molecule has 8 nitrogen and oxygen atoms in total. The number of fused-ring (bicyclic) bond motifs is 1. The lowest BCUT2D eigenvalue weighted by Gasteiger charge is -2.21. The fourth-order valence-corrected chi connectivity index (χ4v) is 3.27. The number of anilines is 2. The number of hydrogen-bond acceptors (Lipinski definition) is 5. The maximum Gasteiger partial charge on any atom is 0.331 e. The van der Waals surface area contributed by atoms with Crippen molar-refractivity contribution in [3.8, 4) is 0 Å². The first-order valence-corrected chi connectivity index (χ1v) is 8.78. The largest absolute Gasteiger partial charge is 0.479 e. The summed E-state index contributed by atoms with van der Waals surface area (Å²) in [7, 11) is 0. The van der Waals surface area contributed by atoms with Gasteiger partial charge in [0.2, 0.25) is 5.91 Å². The highest BCUT2D eigenvalue weighted by molar-refractivity contribution is 8.00. The highest BCUT2D eigenvalue weighted by Crippen LogP contribution is 2.36. The van der Waals surface area contributed by atoms with Crippen molar-refractivity contribution in [1.29, 1.82) is 0 Å². The number of aliphatic carboxylic acids is 1. The topological polar surface area (TPSA) is 113 Å². The minimum absolute atomic E-state index is 0.0998. The number of carboxylic acid groups (broad SMARTS) is 1. The average Bonchev–Trinajstić information content (AvgIpc) is 3.04. The Kier molecular flexibility index (Phi) is 4.49. The fourth-order valence-electron chi connectivity index (χ4n) is 2.34. The molecule has 0 aliphatic carbocycles. The smallest absolute Gasteiger partial charge is 0.331 e. The summed E-state index contributed by atoms with van der Waals surface area (Å²) in [6.07, 6.45) is 2.85. The van der Waals surface area contributed by atoms with Gasteiger partial charge in [0.15, 0.2) is 5.54 Å². The number of carbonyl (C=O) groups excluding carboxylic acids is 2. The van der Waals surface area contributed by atoms with Gasteiger partial charge in [-0.05, 0) is 39.0 Å². The Hall–Kier alpha value is -2.81. The minimum Gasteiger partial charge on any atom is -0.479 e. The molecule has 0 spiro atoms. The molecule has 1 unspecified atom stereocenters. The summed E-state index contributed by atoms with van der Waals surface area (Å²) in [5, 5.41) is 18.5. The SMILES string of the molecule is CC1Sc2ccc(C(=O)Nc3cnn(C(C)(C)C(=O)O)c3)cc2NC1=O. The summed E-state index contributed by atoms with van der Waals surface area (Å²) in [5.74, 6) is -1.51. The molecule has 1 aliphatic rings. The molecule has 26 heavy (non-hydrogen) atoms. The first-order chi connectivity index (χ1) is 12.2. The lowest BCUT2D eigenvalue weighted by molar-refractivity contribution is -0.146. The van der Waals surface area contributed by atoms with E-state index in [1.807, 2.05) is 6.92 Å². The number of hydrogen-bond donors (Lipinski definition) is 3. The summed E-state index contributed by atoms with van der Waals surface area (Å²) in [6, 6.07) is 5.09. The molecule has 2 heterocycles. The molecule has 9 heteroatoms. The molecular formula is C17H18N4O4S.